The molecule has 2 N–H and O–H groups in total. The minimum atomic E-state index is -0.261. The van der Waals surface area contributed by atoms with Crippen molar-refractivity contribution in [2.45, 2.75) is 137 Å². The summed E-state index contributed by atoms with van der Waals surface area (Å²) < 4.78 is 5.62. The van der Waals surface area contributed by atoms with E-state index < -0.39 is 0 Å². The summed E-state index contributed by atoms with van der Waals surface area (Å²) in [7, 11) is 1.77. The fraction of sp³-hybridized carbons (Fsp3) is 0.935. The molecule has 4 aliphatic carbocycles. The van der Waals surface area contributed by atoms with Gasteiger partial charge in [0, 0.05) is 7.11 Å². The van der Waals surface area contributed by atoms with E-state index in [1.54, 1.807) is 18.3 Å². The molecule has 1 unspecified atom stereocenters. The molecule has 0 spiro atoms. The zero-order valence-corrected chi connectivity index (χ0v) is 23.8. The van der Waals surface area contributed by atoms with Crippen molar-refractivity contribution in [3.05, 3.63) is 11.1 Å². The van der Waals surface area contributed by atoms with Crippen LogP contribution in [0.5, 0.6) is 0 Å². The molecule has 0 saturated heterocycles. The Bertz CT molecular complexity index is 811. The Labute approximate surface area is 210 Å². The van der Waals surface area contributed by atoms with Gasteiger partial charge in [-0.15, -0.1) is 0 Å². The van der Waals surface area contributed by atoms with Crippen LogP contribution < -0.4 is 0 Å². The molecule has 196 valence electrons. The number of methoxy groups -OCH3 is 1. The Balaban J connectivity index is 1.60. The fourth-order valence-electron chi connectivity index (χ4n) is 9.69. The van der Waals surface area contributed by atoms with Gasteiger partial charge in [-0.3, -0.25) is 0 Å². The van der Waals surface area contributed by atoms with Gasteiger partial charge >= 0.3 is 0 Å². The lowest BCUT2D eigenvalue weighted by Gasteiger charge is -2.62. The van der Waals surface area contributed by atoms with Gasteiger partial charge in [-0.1, -0.05) is 52.7 Å². The summed E-state index contributed by atoms with van der Waals surface area (Å²) >= 11 is 0. The summed E-state index contributed by atoms with van der Waals surface area (Å²) in [5, 5.41) is 22.1. The van der Waals surface area contributed by atoms with Gasteiger partial charge in [0.2, 0.25) is 0 Å². The van der Waals surface area contributed by atoms with Crippen LogP contribution in [-0.2, 0) is 4.74 Å². The highest BCUT2D eigenvalue weighted by Gasteiger charge is 2.63. The van der Waals surface area contributed by atoms with Crippen molar-refractivity contribution < 1.29 is 14.9 Å². The van der Waals surface area contributed by atoms with Crippen molar-refractivity contribution in [1.29, 1.82) is 0 Å². The highest BCUT2D eigenvalue weighted by atomic mass is 16.5. The second kappa shape index (κ2) is 8.59. The van der Waals surface area contributed by atoms with Crippen molar-refractivity contribution in [2.24, 2.45) is 39.4 Å². The lowest BCUT2D eigenvalue weighted by atomic mass is 9.43. The number of aliphatic hydroxyl groups excluding tert-OH is 2. The number of hydrogen-bond acceptors (Lipinski definition) is 3. The standard InChI is InChI=1S/C31H54O3/c1-20(24(32)14-16-27(2,3)34-9)21-12-18-31(8)23-10-11-25-28(4,5)26(33)15-17-29(25,6)22(23)13-19-30(21,31)7/h20-21,24-26,32-33H,10-19H2,1-9H3/t20?,21-,24-,25-,26-,29+,30+,31-/m0/s1. The fourth-order valence-corrected chi connectivity index (χ4v) is 9.69. The van der Waals surface area contributed by atoms with Gasteiger partial charge in [0.05, 0.1) is 17.8 Å². The summed E-state index contributed by atoms with van der Waals surface area (Å²) in [6, 6.07) is 0. The van der Waals surface area contributed by atoms with Gasteiger partial charge in [0.15, 0.2) is 0 Å². The third-order valence-electron chi connectivity index (χ3n) is 12.6. The number of hydrogen-bond donors (Lipinski definition) is 2. The predicted octanol–water partition coefficient (Wildman–Crippen LogP) is 7.30. The quantitative estimate of drug-likeness (QED) is 0.397. The molecule has 0 aromatic heterocycles. The first-order chi connectivity index (χ1) is 15.6. The van der Waals surface area contributed by atoms with E-state index in [0.717, 1.165) is 25.7 Å². The highest BCUT2D eigenvalue weighted by molar-refractivity contribution is 5.38. The van der Waals surface area contributed by atoms with Crippen LogP contribution >= 0.6 is 0 Å². The third-order valence-corrected chi connectivity index (χ3v) is 12.6. The summed E-state index contributed by atoms with van der Waals surface area (Å²) in [4.78, 5) is 0. The monoisotopic (exact) mass is 474 g/mol. The van der Waals surface area contributed by atoms with E-state index in [2.05, 4.69) is 55.4 Å². The van der Waals surface area contributed by atoms with Crippen LogP contribution in [0.2, 0.25) is 0 Å². The van der Waals surface area contributed by atoms with E-state index in [9.17, 15) is 10.2 Å². The van der Waals surface area contributed by atoms with E-state index >= 15 is 0 Å². The Morgan fingerprint density at radius 3 is 2.29 bits per heavy atom. The number of ether oxygens (including phenoxy) is 1. The lowest BCUT2D eigenvalue weighted by molar-refractivity contribution is -0.0972. The van der Waals surface area contributed by atoms with E-state index in [0.29, 0.717) is 17.8 Å². The van der Waals surface area contributed by atoms with Gasteiger partial charge < -0.3 is 14.9 Å². The number of aliphatic hydroxyl groups is 2. The molecule has 3 heteroatoms. The molecule has 34 heavy (non-hydrogen) atoms. The maximum absolute atomic E-state index is 11.2. The van der Waals surface area contributed by atoms with Crippen LogP contribution in [0, 0.1) is 39.4 Å². The van der Waals surface area contributed by atoms with Crippen LogP contribution in [0.4, 0.5) is 0 Å². The van der Waals surface area contributed by atoms with Crippen molar-refractivity contribution in [2.75, 3.05) is 7.11 Å². The number of fused-ring (bicyclic) bond motifs is 4. The molecule has 0 radical (unpaired) electrons. The minimum absolute atomic E-state index is 0.000000424. The first-order valence-electron chi connectivity index (χ1n) is 14.3. The van der Waals surface area contributed by atoms with Gasteiger partial charge in [-0.25, -0.2) is 0 Å². The predicted molar refractivity (Wildman–Crippen MR) is 141 cm³/mol. The Morgan fingerprint density at radius 2 is 1.65 bits per heavy atom. The molecule has 0 aromatic rings. The summed E-state index contributed by atoms with van der Waals surface area (Å²) in [6.45, 7) is 18.9. The van der Waals surface area contributed by atoms with E-state index in [4.69, 9.17) is 4.74 Å². The summed E-state index contributed by atoms with van der Waals surface area (Å²) in [6.07, 6.45) is 10.8. The van der Waals surface area contributed by atoms with Gasteiger partial charge in [0.1, 0.15) is 0 Å². The summed E-state index contributed by atoms with van der Waals surface area (Å²) in [5.74, 6) is 1.47. The molecule has 2 fully saturated rings. The second-order valence-corrected chi connectivity index (χ2v) is 14.7. The molecule has 0 heterocycles. The van der Waals surface area contributed by atoms with Crippen molar-refractivity contribution in [3.8, 4) is 0 Å². The van der Waals surface area contributed by atoms with E-state index in [1.165, 1.54) is 38.5 Å². The lowest BCUT2D eigenvalue weighted by Crippen LogP contribution is -2.55. The molecule has 0 bridgehead atoms. The number of rotatable bonds is 6. The molecule has 4 aliphatic rings. The summed E-state index contributed by atoms with van der Waals surface area (Å²) in [5.41, 5.74) is 4.15. The smallest absolute Gasteiger partial charge is 0.0623 e. The molecule has 2 saturated carbocycles. The van der Waals surface area contributed by atoms with Crippen LogP contribution in [0.1, 0.15) is 120 Å². The Kier molecular flexibility index (Phi) is 6.74. The van der Waals surface area contributed by atoms with E-state index in [-0.39, 0.29) is 39.5 Å². The third kappa shape index (κ3) is 3.77. The number of allylic oxidation sites excluding steroid dienone is 2. The maximum atomic E-state index is 11.2. The second-order valence-electron chi connectivity index (χ2n) is 14.7. The largest absolute Gasteiger partial charge is 0.393 e. The van der Waals surface area contributed by atoms with Crippen LogP contribution in [0.3, 0.4) is 0 Å². The average molecular weight is 475 g/mol. The van der Waals surface area contributed by atoms with E-state index in [1.807, 2.05) is 0 Å². The molecule has 0 aliphatic heterocycles. The topological polar surface area (TPSA) is 49.7 Å². The molecule has 0 amide bonds. The first-order valence-corrected chi connectivity index (χ1v) is 14.3. The van der Waals surface area contributed by atoms with Gasteiger partial charge in [-0.2, -0.15) is 0 Å². The van der Waals surface area contributed by atoms with Crippen LogP contribution in [-0.4, -0.2) is 35.1 Å². The Morgan fingerprint density at radius 1 is 0.971 bits per heavy atom. The van der Waals surface area contributed by atoms with Crippen molar-refractivity contribution in [3.63, 3.8) is 0 Å². The zero-order valence-electron chi connectivity index (χ0n) is 23.8. The SMILES string of the molecule is COC(C)(C)CC[C@H](O)C(C)[C@@H]1CC[C@@]2(C)C3=C(CC[C@]12C)[C@@]1(C)CC[C@H](O)C(C)(C)[C@@H]1CC3. The molecular formula is C31H54O3. The maximum Gasteiger partial charge on any atom is 0.0623 e. The zero-order chi connectivity index (χ0) is 25.3. The first kappa shape index (κ1) is 26.7. The molecule has 0 aromatic carbocycles. The molecule has 3 nitrogen and oxygen atoms in total. The van der Waals surface area contributed by atoms with Crippen molar-refractivity contribution >= 4 is 0 Å². The minimum Gasteiger partial charge on any atom is -0.393 e. The van der Waals surface area contributed by atoms with Crippen LogP contribution in [0.15, 0.2) is 11.1 Å². The van der Waals surface area contributed by atoms with Gasteiger partial charge in [0.25, 0.3) is 0 Å². The average Bonchev–Trinajstić information content (AvgIpc) is 3.06. The van der Waals surface area contributed by atoms with Crippen LogP contribution in [0.25, 0.3) is 0 Å². The molecule has 4 rings (SSSR count). The van der Waals surface area contributed by atoms with Gasteiger partial charge in [-0.05, 0) is 117 Å². The Hall–Kier alpha value is -0.380. The normalized spacial score (nSPS) is 43.7. The van der Waals surface area contributed by atoms with Crippen molar-refractivity contribution in [1.82, 2.24) is 0 Å². The molecular weight excluding hydrogens is 420 g/mol. The highest BCUT2D eigenvalue weighted by Crippen LogP contribution is 2.72. The molecule has 8 atom stereocenters.